The maximum absolute atomic E-state index is 11.2. The highest BCUT2D eigenvalue weighted by Crippen LogP contribution is 2.16. The van der Waals surface area contributed by atoms with E-state index in [0.29, 0.717) is 6.42 Å². The van der Waals surface area contributed by atoms with Gasteiger partial charge in [0.15, 0.2) is 0 Å². The smallest absolute Gasteiger partial charge is 0.223 e. The van der Waals surface area contributed by atoms with Crippen molar-refractivity contribution in [3.63, 3.8) is 0 Å². The highest BCUT2D eigenvalue weighted by atomic mass is 16.2. The molecule has 1 rings (SSSR count). The fourth-order valence-electron chi connectivity index (χ4n) is 1.40. The van der Waals surface area contributed by atoms with Gasteiger partial charge in [-0.1, -0.05) is 6.92 Å². The van der Waals surface area contributed by atoms with Crippen LogP contribution in [-0.2, 0) is 4.79 Å². The lowest BCUT2D eigenvalue weighted by Crippen LogP contribution is -2.33. The van der Waals surface area contributed by atoms with E-state index < -0.39 is 0 Å². The van der Waals surface area contributed by atoms with Crippen molar-refractivity contribution in [2.24, 2.45) is 0 Å². The van der Waals surface area contributed by atoms with E-state index in [1.54, 1.807) is 4.90 Å². The van der Waals surface area contributed by atoms with Crippen LogP contribution in [0.2, 0.25) is 0 Å². The molecule has 11 heavy (non-hydrogen) atoms. The quantitative estimate of drug-likeness (QED) is 0.560. The summed E-state index contributed by atoms with van der Waals surface area (Å²) in [7, 11) is 0. The number of amides is 1. The monoisotopic (exact) mass is 152 g/mol. The van der Waals surface area contributed by atoms with Gasteiger partial charge in [-0.25, -0.2) is 0 Å². The van der Waals surface area contributed by atoms with Crippen LogP contribution in [0.25, 0.3) is 0 Å². The van der Waals surface area contributed by atoms with E-state index in [4.69, 9.17) is 5.26 Å². The summed E-state index contributed by atoms with van der Waals surface area (Å²) in [5, 5.41) is 8.64. The molecule has 0 aromatic carbocycles. The second kappa shape index (κ2) is 3.38. The number of hydrogen-bond donors (Lipinski definition) is 0. The SMILES string of the molecule is CCC(=O)N1CCC[C@H]1C#N. The Hall–Kier alpha value is -1.04. The Morgan fingerprint density at radius 3 is 3.09 bits per heavy atom. The second-order valence-electron chi connectivity index (χ2n) is 2.73. The van der Waals surface area contributed by atoms with E-state index in [0.717, 1.165) is 19.4 Å². The minimum Gasteiger partial charge on any atom is -0.327 e. The lowest BCUT2D eigenvalue weighted by Gasteiger charge is -2.17. The molecule has 1 fully saturated rings. The number of likely N-dealkylation sites (tertiary alicyclic amines) is 1. The van der Waals surface area contributed by atoms with Crippen molar-refractivity contribution in [1.82, 2.24) is 4.90 Å². The van der Waals surface area contributed by atoms with E-state index in [1.807, 2.05) is 6.92 Å². The molecule has 1 heterocycles. The Balaban J connectivity index is 2.58. The summed E-state index contributed by atoms with van der Waals surface area (Å²) in [6, 6.07) is 1.98. The predicted octanol–water partition coefficient (Wildman–Crippen LogP) is 0.911. The highest BCUT2D eigenvalue weighted by molar-refractivity contribution is 5.76. The van der Waals surface area contributed by atoms with Gasteiger partial charge in [-0.15, -0.1) is 0 Å². The molecule has 0 radical (unpaired) electrons. The van der Waals surface area contributed by atoms with Crippen molar-refractivity contribution in [1.29, 1.82) is 5.26 Å². The van der Waals surface area contributed by atoms with Crippen LogP contribution in [-0.4, -0.2) is 23.4 Å². The molecule has 60 valence electrons. The molecular weight excluding hydrogens is 140 g/mol. The standard InChI is InChI=1S/C8H12N2O/c1-2-8(11)10-5-3-4-7(10)6-9/h7H,2-5H2,1H3/t7-/m0/s1. The number of carbonyl (C=O) groups is 1. The first-order chi connectivity index (χ1) is 5.29. The van der Waals surface area contributed by atoms with Crippen LogP contribution in [0.15, 0.2) is 0 Å². The number of nitriles is 1. The van der Waals surface area contributed by atoms with Gasteiger partial charge in [0.25, 0.3) is 0 Å². The predicted molar refractivity (Wildman–Crippen MR) is 40.6 cm³/mol. The maximum atomic E-state index is 11.2. The number of carbonyl (C=O) groups excluding carboxylic acids is 1. The van der Waals surface area contributed by atoms with E-state index in [1.165, 1.54) is 0 Å². The molecule has 1 amide bonds. The van der Waals surface area contributed by atoms with Crippen molar-refractivity contribution in [2.45, 2.75) is 32.2 Å². The first-order valence-electron chi connectivity index (χ1n) is 3.98. The van der Waals surface area contributed by atoms with Crippen LogP contribution < -0.4 is 0 Å². The fourth-order valence-corrected chi connectivity index (χ4v) is 1.40. The van der Waals surface area contributed by atoms with Crippen molar-refractivity contribution in [2.75, 3.05) is 6.54 Å². The molecule has 3 nitrogen and oxygen atoms in total. The summed E-state index contributed by atoms with van der Waals surface area (Å²) in [4.78, 5) is 12.8. The summed E-state index contributed by atoms with van der Waals surface area (Å²) in [5.74, 6) is 0.106. The van der Waals surface area contributed by atoms with Crippen LogP contribution in [0.3, 0.4) is 0 Å². The van der Waals surface area contributed by atoms with Gasteiger partial charge in [0.1, 0.15) is 6.04 Å². The van der Waals surface area contributed by atoms with Gasteiger partial charge in [-0.05, 0) is 12.8 Å². The van der Waals surface area contributed by atoms with Gasteiger partial charge < -0.3 is 4.90 Å². The Bertz CT molecular complexity index is 195. The normalized spacial score (nSPS) is 23.3. The Morgan fingerprint density at radius 1 is 1.82 bits per heavy atom. The zero-order valence-corrected chi connectivity index (χ0v) is 6.71. The molecule has 3 heteroatoms. The summed E-state index contributed by atoms with van der Waals surface area (Å²) in [6.45, 7) is 2.60. The van der Waals surface area contributed by atoms with Gasteiger partial charge in [0, 0.05) is 13.0 Å². The molecule has 1 saturated heterocycles. The molecule has 0 bridgehead atoms. The number of nitrogens with zero attached hydrogens (tertiary/aromatic N) is 2. The fraction of sp³-hybridized carbons (Fsp3) is 0.750. The van der Waals surface area contributed by atoms with E-state index >= 15 is 0 Å². The number of rotatable bonds is 1. The van der Waals surface area contributed by atoms with Crippen LogP contribution in [0, 0.1) is 11.3 Å². The maximum Gasteiger partial charge on any atom is 0.223 e. The second-order valence-corrected chi connectivity index (χ2v) is 2.73. The van der Waals surface area contributed by atoms with Crippen molar-refractivity contribution in [3.05, 3.63) is 0 Å². The minimum absolute atomic E-state index is 0.106. The van der Waals surface area contributed by atoms with Crippen molar-refractivity contribution in [3.8, 4) is 6.07 Å². The molecule has 0 saturated carbocycles. The van der Waals surface area contributed by atoms with Crippen LogP contribution in [0.4, 0.5) is 0 Å². The zero-order chi connectivity index (χ0) is 8.27. The Morgan fingerprint density at radius 2 is 2.55 bits per heavy atom. The summed E-state index contributed by atoms with van der Waals surface area (Å²) >= 11 is 0. The molecular formula is C8H12N2O. The third kappa shape index (κ3) is 1.51. The number of hydrogen-bond acceptors (Lipinski definition) is 2. The van der Waals surface area contributed by atoms with Gasteiger partial charge in [-0.3, -0.25) is 4.79 Å². The Kier molecular flexibility index (Phi) is 2.48. The average molecular weight is 152 g/mol. The summed E-state index contributed by atoms with van der Waals surface area (Å²) < 4.78 is 0. The molecule has 1 aliphatic heterocycles. The third-order valence-corrected chi connectivity index (χ3v) is 2.02. The van der Waals surface area contributed by atoms with Gasteiger partial charge in [0.2, 0.25) is 5.91 Å². The first kappa shape index (κ1) is 8.06. The van der Waals surface area contributed by atoms with Gasteiger partial charge >= 0.3 is 0 Å². The molecule has 0 N–H and O–H groups in total. The lowest BCUT2D eigenvalue weighted by molar-refractivity contribution is -0.130. The van der Waals surface area contributed by atoms with Gasteiger partial charge in [-0.2, -0.15) is 5.26 Å². The van der Waals surface area contributed by atoms with Crippen LogP contribution in [0.1, 0.15) is 26.2 Å². The topological polar surface area (TPSA) is 44.1 Å². The van der Waals surface area contributed by atoms with Crippen LogP contribution >= 0.6 is 0 Å². The van der Waals surface area contributed by atoms with Crippen LogP contribution in [0.5, 0.6) is 0 Å². The minimum atomic E-state index is -0.151. The summed E-state index contributed by atoms with van der Waals surface area (Å²) in [6.07, 6.45) is 2.34. The molecule has 0 aromatic rings. The van der Waals surface area contributed by atoms with E-state index in [-0.39, 0.29) is 11.9 Å². The summed E-state index contributed by atoms with van der Waals surface area (Å²) in [5.41, 5.74) is 0. The first-order valence-corrected chi connectivity index (χ1v) is 3.98. The van der Waals surface area contributed by atoms with E-state index in [9.17, 15) is 4.79 Å². The van der Waals surface area contributed by atoms with Crippen molar-refractivity contribution < 1.29 is 4.79 Å². The molecule has 1 atom stereocenters. The highest BCUT2D eigenvalue weighted by Gasteiger charge is 2.26. The molecule has 0 aliphatic carbocycles. The lowest BCUT2D eigenvalue weighted by atomic mass is 10.2. The molecule has 0 aromatic heterocycles. The zero-order valence-electron chi connectivity index (χ0n) is 6.71. The molecule has 0 unspecified atom stereocenters. The average Bonchev–Trinajstić information content (AvgIpc) is 2.50. The molecule has 1 aliphatic rings. The third-order valence-electron chi connectivity index (χ3n) is 2.02. The largest absolute Gasteiger partial charge is 0.327 e. The Labute approximate surface area is 66.6 Å². The van der Waals surface area contributed by atoms with Crippen molar-refractivity contribution >= 4 is 5.91 Å². The van der Waals surface area contributed by atoms with E-state index in [2.05, 4.69) is 6.07 Å². The van der Waals surface area contributed by atoms with Gasteiger partial charge in [0.05, 0.1) is 6.07 Å². The molecule has 0 spiro atoms.